The zero-order valence-electron chi connectivity index (χ0n) is 9.84. The zero-order chi connectivity index (χ0) is 11.6. The summed E-state index contributed by atoms with van der Waals surface area (Å²) in [5.74, 6) is 0.813. The highest BCUT2D eigenvalue weighted by Gasteiger charge is 1.95. The van der Waals surface area contributed by atoms with Gasteiger partial charge in [0.25, 0.3) is 0 Å². The maximum atomic E-state index is 11.8. The minimum Gasteiger partial charge on any atom is -0.494 e. The Morgan fingerprint density at radius 2 is 2.00 bits per heavy atom. The van der Waals surface area contributed by atoms with Crippen molar-refractivity contribution in [1.82, 2.24) is 5.32 Å². The van der Waals surface area contributed by atoms with E-state index in [0.29, 0.717) is 13.0 Å². The number of rotatable bonds is 8. The minimum absolute atomic E-state index is 0.320. The Morgan fingerprint density at radius 3 is 2.62 bits per heavy atom. The van der Waals surface area contributed by atoms with Crippen LogP contribution in [0.15, 0.2) is 24.3 Å². The first-order chi connectivity index (χ1) is 7.86. The third-order valence-corrected chi connectivity index (χ3v) is 2.23. The van der Waals surface area contributed by atoms with Gasteiger partial charge in [-0.1, -0.05) is 19.1 Å². The molecule has 1 aromatic carbocycles. The highest BCUT2D eigenvalue weighted by atomic mass is 19.1. The van der Waals surface area contributed by atoms with Crippen molar-refractivity contribution in [1.29, 1.82) is 0 Å². The Bertz CT molecular complexity index is 245. The van der Waals surface area contributed by atoms with E-state index in [0.717, 1.165) is 25.3 Å². The van der Waals surface area contributed by atoms with Crippen LogP contribution in [0.4, 0.5) is 4.39 Å². The summed E-state index contributed by atoms with van der Waals surface area (Å²) in [5, 5.41) is 3.33. The Labute approximate surface area is 96.8 Å². The van der Waals surface area contributed by atoms with Crippen molar-refractivity contribution in [2.75, 3.05) is 19.8 Å². The second-order valence-corrected chi connectivity index (χ2v) is 3.71. The third-order valence-electron chi connectivity index (χ3n) is 2.23. The van der Waals surface area contributed by atoms with Crippen molar-refractivity contribution in [2.45, 2.75) is 26.3 Å². The fourth-order valence-electron chi connectivity index (χ4n) is 1.36. The number of hydrogen-bond acceptors (Lipinski definition) is 2. The Morgan fingerprint density at radius 1 is 1.25 bits per heavy atom. The van der Waals surface area contributed by atoms with Gasteiger partial charge in [-0.15, -0.1) is 0 Å². The summed E-state index contributed by atoms with van der Waals surface area (Å²) in [5.41, 5.74) is 1.24. The first kappa shape index (κ1) is 13.0. The monoisotopic (exact) mass is 225 g/mol. The molecule has 0 atom stereocenters. The number of halogens is 1. The van der Waals surface area contributed by atoms with Gasteiger partial charge in [0, 0.05) is 13.0 Å². The van der Waals surface area contributed by atoms with Gasteiger partial charge in [-0.2, -0.15) is 0 Å². The van der Waals surface area contributed by atoms with Gasteiger partial charge >= 0.3 is 0 Å². The standard InChI is InChI=1S/C13H20FNO/c1-2-9-15-11-12-4-6-13(7-5-12)16-10-3-8-14/h4-7,15H,2-3,8-11H2,1H3. The topological polar surface area (TPSA) is 21.3 Å². The lowest BCUT2D eigenvalue weighted by atomic mass is 10.2. The number of nitrogens with one attached hydrogen (secondary N) is 1. The molecule has 0 saturated heterocycles. The van der Waals surface area contributed by atoms with Gasteiger partial charge < -0.3 is 10.1 Å². The van der Waals surface area contributed by atoms with Crippen molar-refractivity contribution in [3.8, 4) is 5.75 Å². The molecule has 0 unspecified atom stereocenters. The highest BCUT2D eigenvalue weighted by Crippen LogP contribution is 2.12. The average Bonchev–Trinajstić information content (AvgIpc) is 2.32. The van der Waals surface area contributed by atoms with Crippen LogP contribution in [0, 0.1) is 0 Å². The number of ether oxygens (including phenoxy) is 1. The van der Waals surface area contributed by atoms with E-state index in [2.05, 4.69) is 12.2 Å². The Balaban J connectivity index is 2.30. The van der Waals surface area contributed by atoms with Gasteiger partial charge in [0.2, 0.25) is 0 Å². The lowest BCUT2D eigenvalue weighted by molar-refractivity contribution is 0.289. The molecule has 0 bridgehead atoms. The average molecular weight is 225 g/mol. The van der Waals surface area contributed by atoms with Gasteiger partial charge in [-0.3, -0.25) is 4.39 Å². The van der Waals surface area contributed by atoms with Crippen LogP contribution in [0.2, 0.25) is 0 Å². The molecule has 3 heteroatoms. The molecule has 1 N–H and O–H groups in total. The van der Waals surface area contributed by atoms with E-state index in [1.165, 1.54) is 5.56 Å². The van der Waals surface area contributed by atoms with Crippen LogP contribution in [-0.2, 0) is 6.54 Å². The molecule has 1 rings (SSSR count). The molecule has 0 aliphatic heterocycles. The molecule has 90 valence electrons. The molecule has 0 amide bonds. The van der Waals surface area contributed by atoms with E-state index in [9.17, 15) is 4.39 Å². The molecule has 0 spiro atoms. The second kappa shape index (κ2) is 8.11. The van der Waals surface area contributed by atoms with Crippen LogP contribution in [0.1, 0.15) is 25.3 Å². The molecule has 0 aromatic heterocycles. The lowest BCUT2D eigenvalue weighted by Crippen LogP contribution is -2.13. The van der Waals surface area contributed by atoms with E-state index in [1.54, 1.807) is 0 Å². The smallest absolute Gasteiger partial charge is 0.119 e. The van der Waals surface area contributed by atoms with E-state index in [4.69, 9.17) is 4.74 Å². The van der Waals surface area contributed by atoms with E-state index in [-0.39, 0.29) is 6.67 Å². The SMILES string of the molecule is CCCNCc1ccc(OCCCF)cc1. The summed E-state index contributed by atoms with van der Waals surface area (Å²) < 4.78 is 17.2. The summed E-state index contributed by atoms with van der Waals surface area (Å²) in [4.78, 5) is 0. The Hall–Kier alpha value is -1.09. The van der Waals surface area contributed by atoms with Gasteiger partial charge in [-0.25, -0.2) is 0 Å². The van der Waals surface area contributed by atoms with Crippen molar-refractivity contribution in [3.05, 3.63) is 29.8 Å². The normalized spacial score (nSPS) is 10.4. The lowest BCUT2D eigenvalue weighted by Gasteiger charge is -2.06. The highest BCUT2D eigenvalue weighted by molar-refractivity contribution is 5.27. The third kappa shape index (κ3) is 5.12. The molecular weight excluding hydrogens is 205 g/mol. The molecular formula is C13H20FNO. The number of benzene rings is 1. The van der Waals surface area contributed by atoms with E-state index < -0.39 is 0 Å². The van der Waals surface area contributed by atoms with Crippen LogP contribution in [0.3, 0.4) is 0 Å². The van der Waals surface area contributed by atoms with Crippen LogP contribution < -0.4 is 10.1 Å². The molecule has 0 aliphatic rings. The van der Waals surface area contributed by atoms with Crippen LogP contribution >= 0.6 is 0 Å². The van der Waals surface area contributed by atoms with Crippen molar-refractivity contribution < 1.29 is 9.13 Å². The molecule has 0 fully saturated rings. The van der Waals surface area contributed by atoms with Crippen molar-refractivity contribution in [3.63, 3.8) is 0 Å². The van der Waals surface area contributed by atoms with Crippen LogP contribution in [0.25, 0.3) is 0 Å². The summed E-state index contributed by atoms with van der Waals surface area (Å²) in [6.07, 6.45) is 1.60. The van der Waals surface area contributed by atoms with Crippen LogP contribution in [0.5, 0.6) is 5.75 Å². The minimum atomic E-state index is -0.320. The van der Waals surface area contributed by atoms with Gasteiger partial charge in [-0.05, 0) is 30.7 Å². The van der Waals surface area contributed by atoms with Crippen LogP contribution in [-0.4, -0.2) is 19.8 Å². The van der Waals surface area contributed by atoms with Gasteiger partial charge in [0.15, 0.2) is 0 Å². The molecule has 0 aliphatic carbocycles. The first-order valence-corrected chi connectivity index (χ1v) is 5.85. The molecule has 2 nitrogen and oxygen atoms in total. The van der Waals surface area contributed by atoms with Gasteiger partial charge in [0.1, 0.15) is 5.75 Å². The fourth-order valence-corrected chi connectivity index (χ4v) is 1.36. The fraction of sp³-hybridized carbons (Fsp3) is 0.538. The van der Waals surface area contributed by atoms with Crippen molar-refractivity contribution in [2.24, 2.45) is 0 Å². The largest absolute Gasteiger partial charge is 0.494 e. The molecule has 0 heterocycles. The summed E-state index contributed by atoms with van der Waals surface area (Å²) in [6.45, 7) is 4.20. The Kier molecular flexibility index (Phi) is 6.58. The van der Waals surface area contributed by atoms with Crippen molar-refractivity contribution >= 4 is 0 Å². The number of hydrogen-bond donors (Lipinski definition) is 1. The predicted octanol–water partition coefficient (Wildman–Crippen LogP) is 2.92. The quantitative estimate of drug-likeness (QED) is 0.687. The molecule has 16 heavy (non-hydrogen) atoms. The van der Waals surface area contributed by atoms with E-state index >= 15 is 0 Å². The number of alkyl halides is 1. The second-order valence-electron chi connectivity index (χ2n) is 3.71. The summed E-state index contributed by atoms with van der Waals surface area (Å²) >= 11 is 0. The first-order valence-electron chi connectivity index (χ1n) is 5.85. The summed E-state index contributed by atoms with van der Waals surface area (Å²) in [7, 11) is 0. The van der Waals surface area contributed by atoms with Gasteiger partial charge in [0.05, 0.1) is 13.3 Å². The predicted molar refractivity (Wildman–Crippen MR) is 64.5 cm³/mol. The maximum Gasteiger partial charge on any atom is 0.119 e. The molecule has 0 saturated carbocycles. The maximum absolute atomic E-state index is 11.8. The van der Waals surface area contributed by atoms with E-state index in [1.807, 2.05) is 24.3 Å². The molecule has 0 radical (unpaired) electrons. The zero-order valence-corrected chi connectivity index (χ0v) is 9.84. The summed E-state index contributed by atoms with van der Waals surface area (Å²) in [6, 6.07) is 7.93. The molecule has 1 aromatic rings.